The fourth-order valence-corrected chi connectivity index (χ4v) is 2.13. The molecule has 0 aromatic carbocycles. The molecule has 0 saturated heterocycles. The van der Waals surface area contributed by atoms with Gasteiger partial charge in [-0.15, -0.1) is 10.2 Å². The number of anilines is 1. The molecule has 16 heavy (non-hydrogen) atoms. The highest BCUT2D eigenvalue weighted by Crippen LogP contribution is 2.46. The summed E-state index contributed by atoms with van der Waals surface area (Å²) in [5.74, 6) is 0.132. The number of primary amides is 1. The third-order valence-electron chi connectivity index (χ3n) is 2.75. The van der Waals surface area contributed by atoms with Crippen molar-refractivity contribution in [1.82, 2.24) is 10.2 Å². The number of carbonyl (C=O) groups is 1. The van der Waals surface area contributed by atoms with Crippen LogP contribution in [0.4, 0.5) is 5.82 Å². The normalized spacial score (nSPS) is 16.8. The maximum Gasteiger partial charge on any atom is 0.269 e. The van der Waals surface area contributed by atoms with Gasteiger partial charge in [-0.25, -0.2) is 0 Å². The van der Waals surface area contributed by atoms with E-state index in [0.717, 1.165) is 6.54 Å². The summed E-state index contributed by atoms with van der Waals surface area (Å²) >= 11 is 1.88. The quantitative estimate of drug-likeness (QED) is 0.796. The summed E-state index contributed by atoms with van der Waals surface area (Å²) in [6, 6.07) is 3.31. The molecule has 1 aromatic rings. The minimum Gasteiger partial charge on any atom is -0.367 e. The van der Waals surface area contributed by atoms with E-state index in [4.69, 9.17) is 5.73 Å². The molecule has 3 N–H and O–H groups in total. The second-order valence-electron chi connectivity index (χ2n) is 3.91. The molecule has 86 valence electrons. The number of carbonyl (C=O) groups excluding carboxylic acids is 1. The van der Waals surface area contributed by atoms with E-state index >= 15 is 0 Å². The number of thioether (sulfide) groups is 1. The van der Waals surface area contributed by atoms with Crippen molar-refractivity contribution < 1.29 is 4.79 Å². The Bertz CT molecular complexity index is 388. The maximum atomic E-state index is 10.8. The Balaban J connectivity index is 1.93. The average molecular weight is 238 g/mol. The first-order valence-corrected chi connectivity index (χ1v) is 6.30. The van der Waals surface area contributed by atoms with Crippen molar-refractivity contribution in [3.63, 3.8) is 0 Å². The van der Waals surface area contributed by atoms with Gasteiger partial charge >= 0.3 is 0 Å². The topological polar surface area (TPSA) is 80.9 Å². The van der Waals surface area contributed by atoms with E-state index in [1.54, 1.807) is 12.1 Å². The van der Waals surface area contributed by atoms with Gasteiger partial charge in [-0.3, -0.25) is 4.79 Å². The van der Waals surface area contributed by atoms with Crippen LogP contribution in [-0.2, 0) is 0 Å². The smallest absolute Gasteiger partial charge is 0.269 e. The van der Waals surface area contributed by atoms with Crippen molar-refractivity contribution in [2.24, 2.45) is 5.73 Å². The Kier molecular flexibility index (Phi) is 3.00. The molecule has 0 bridgehead atoms. The van der Waals surface area contributed by atoms with Gasteiger partial charge in [0.2, 0.25) is 0 Å². The number of nitrogens with one attached hydrogen (secondary N) is 1. The van der Waals surface area contributed by atoms with Crippen LogP contribution >= 0.6 is 11.8 Å². The second-order valence-corrected chi connectivity index (χ2v) is 5.18. The van der Waals surface area contributed by atoms with E-state index in [1.807, 2.05) is 11.8 Å². The third kappa shape index (κ3) is 2.44. The molecular formula is C10H14N4OS. The molecule has 1 aliphatic rings. The number of aromatic nitrogens is 2. The SMILES string of the molecule is CSC1(CNc2ccc(C(N)=O)nn2)CC1. The number of hydrogen-bond acceptors (Lipinski definition) is 5. The molecule has 1 aliphatic carbocycles. The third-order valence-corrected chi connectivity index (χ3v) is 4.17. The second kappa shape index (κ2) is 4.29. The van der Waals surface area contributed by atoms with Gasteiger partial charge in [-0.2, -0.15) is 11.8 Å². The number of rotatable bonds is 5. The van der Waals surface area contributed by atoms with Gasteiger partial charge in [0.1, 0.15) is 5.82 Å². The fraction of sp³-hybridized carbons (Fsp3) is 0.500. The van der Waals surface area contributed by atoms with Gasteiger partial charge in [-0.1, -0.05) is 0 Å². The summed E-state index contributed by atoms with van der Waals surface area (Å²) in [6.07, 6.45) is 4.61. The zero-order valence-corrected chi connectivity index (χ0v) is 9.88. The van der Waals surface area contributed by atoms with Crippen molar-refractivity contribution in [2.45, 2.75) is 17.6 Å². The lowest BCUT2D eigenvalue weighted by molar-refractivity contribution is 0.0994. The van der Waals surface area contributed by atoms with Crippen molar-refractivity contribution in [3.8, 4) is 0 Å². The maximum absolute atomic E-state index is 10.8. The molecule has 6 heteroatoms. The van der Waals surface area contributed by atoms with Gasteiger partial charge in [0.25, 0.3) is 5.91 Å². The van der Waals surface area contributed by atoms with E-state index in [1.165, 1.54) is 12.8 Å². The predicted octanol–water partition coefficient (Wildman–Crippen LogP) is 0.883. The lowest BCUT2D eigenvalue weighted by Gasteiger charge is -2.12. The van der Waals surface area contributed by atoms with Crippen LogP contribution in [0.15, 0.2) is 12.1 Å². The molecule has 1 amide bonds. The first-order chi connectivity index (χ1) is 7.65. The Labute approximate surface area is 98.2 Å². The number of nitrogens with two attached hydrogens (primary N) is 1. The minimum absolute atomic E-state index is 0.191. The molecule has 0 radical (unpaired) electrons. The number of nitrogens with zero attached hydrogens (tertiary/aromatic N) is 2. The molecule has 1 saturated carbocycles. The monoisotopic (exact) mass is 238 g/mol. The van der Waals surface area contributed by atoms with Crippen LogP contribution in [0, 0.1) is 0 Å². The number of amides is 1. The van der Waals surface area contributed by atoms with Gasteiger partial charge in [0, 0.05) is 11.3 Å². The summed E-state index contributed by atoms with van der Waals surface area (Å²) < 4.78 is 0.379. The Morgan fingerprint density at radius 1 is 1.56 bits per heavy atom. The largest absolute Gasteiger partial charge is 0.367 e. The zero-order valence-electron chi connectivity index (χ0n) is 9.06. The molecule has 1 fully saturated rings. The van der Waals surface area contributed by atoms with Crippen molar-refractivity contribution in [2.75, 3.05) is 18.1 Å². The minimum atomic E-state index is -0.554. The molecule has 0 unspecified atom stereocenters. The highest BCUT2D eigenvalue weighted by atomic mass is 32.2. The molecular weight excluding hydrogens is 224 g/mol. The van der Waals surface area contributed by atoms with Gasteiger partial charge < -0.3 is 11.1 Å². The van der Waals surface area contributed by atoms with E-state index in [0.29, 0.717) is 10.6 Å². The molecule has 0 spiro atoms. The Morgan fingerprint density at radius 2 is 2.31 bits per heavy atom. The van der Waals surface area contributed by atoms with Crippen LogP contribution in [0.25, 0.3) is 0 Å². The van der Waals surface area contributed by atoms with E-state index in [9.17, 15) is 4.79 Å². The van der Waals surface area contributed by atoms with E-state index < -0.39 is 5.91 Å². The van der Waals surface area contributed by atoms with Gasteiger partial charge in [0.05, 0.1) is 0 Å². The fourth-order valence-electron chi connectivity index (χ4n) is 1.40. The molecule has 0 aliphatic heterocycles. The van der Waals surface area contributed by atoms with Gasteiger partial charge in [-0.05, 0) is 31.2 Å². The summed E-state index contributed by atoms with van der Waals surface area (Å²) in [5.41, 5.74) is 5.26. The van der Waals surface area contributed by atoms with Crippen molar-refractivity contribution in [3.05, 3.63) is 17.8 Å². The molecule has 0 atom stereocenters. The van der Waals surface area contributed by atoms with E-state index in [-0.39, 0.29) is 5.69 Å². The van der Waals surface area contributed by atoms with Crippen molar-refractivity contribution in [1.29, 1.82) is 0 Å². The van der Waals surface area contributed by atoms with E-state index in [2.05, 4.69) is 21.8 Å². The first kappa shape index (κ1) is 11.2. The van der Waals surface area contributed by atoms with Crippen molar-refractivity contribution >= 4 is 23.5 Å². The lowest BCUT2D eigenvalue weighted by atomic mass is 10.3. The lowest BCUT2D eigenvalue weighted by Crippen LogP contribution is -2.19. The highest BCUT2D eigenvalue weighted by Gasteiger charge is 2.41. The van der Waals surface area contributed by atoms with Crippen LogP contribution < -0.4 is 11.1 Å². The van der Waals surface area contributed by atoms with Crippen LogP contribution in [0.5, 0.6) is 0 Å². The zero-order chi connectivity index (χ0) is 11.6. The standard InChI is InChI=1S/C10H14N4OS/c1-16-10(4-5-10)6-12-8-3-2-7(9(11)15)13-14-8/h2-3H,4-6H2,1H3,(H2,11,15)(H,12,14). The first-order valence-electron chi connectivity index (χ1n) is 5.08. The summed E-state index contributed by atoms with van der Waals surface area (Å²) in [7, 11) is 0. The summed E-state index contributed by atoms with van der Waals surface area (Å²) in [5, 5.41) is 10.8. The Hall–Kier alpha value is -1.30. The average Bonchev–Trinajstić information content (AvgIpc) is 3.08. The van der Waals surface area contributed by atoms with Crippen LogP contribution in [0.2, 0.25) is 0 Å². The highest BCUT2D eigenvalue weighted by molar-refractivity contribution is 8.00. The molecule has 5 nitrogen and oxygen atoms in total. The molecule has 1 heterocycles. The Morgan fingerprint density at radius 3 is 2.75 bits per heavy atom. The summed E-state index contributed by atoms with van der Waals surface area (Å²) in [6.45, 7) is 0.888. The molecule has 2 rings (SSSR count). The number of hydrogen-bond donors (Lipinski definition) is 2. The van der Waals surface area contributed by atoms with Gasteiger partial charge in [0.15, 0.2) is 5.69 Å². The predicted molar refractivity (Wildman–Crippen MR) is 64.5 cm³/mol. The van der Waals surface area contributed by atoms with Crippen LogP contribution in [0.3, 0.4) is 0 Å². The van der Waals surface area contributed by atoms with Crippen LogP contribution in [0.1, 0.15) is 23.3 Å². The van der Waals surface area contributed by atoms with Crippen LogP contribution in [-0.4, -0.2) is 33.7 Å². The molecule has 1 aromatic heterocycles. The summed E-state index contributed by atoms with van der Waals surface area (Å²) in [4.78, 5) is 10.8.